The summed E-state index contributed by atoms with van der Waals surface area (Å²) in [4.78, 5) is 21.9. The minimum Gasteiger partial charge on any atom is -0.340 e. The predicted octanol–water partition coefficient (Wildman–Crippen LogP) is -2.54. The van der Waals surface area contributed by atoms with E-state index in [4.69, 9.17) is 5.26 Å². The lowest BCUT2D eigenvalue weighted by Gasteiger charge is -2.00. The predicted molar refractivity (Wildman–Crippen MR) is 44.6 cm³/mol. The molecular formula is C6H7N7O2. The summed E-state index contributed by atoms with van der Waals surface area (Å²) in [6, 6.07) is 1.67. The van der Waals surface area contributed by atoms with Gasteiger partial charge in [0.05, 0.1) is 12.6 Å². The second kappa shape index (κ2) is 5.28. The van der Waals surface area contributed by atoms with Crippen molar-refractivity contribution in [3.05, 3.63) is 5.82 Å². The lowest BCUT2D eigenvalue weighted by Crippen LogP contribution is -2.39. The van der Waals surface area contributed by atoms with Crippen LogP contribution in [-0.2, 0) is 16.1 Å². The quantitative estimate of drug-likeness (QED) is 0.370. The van der Waals surface area contributed by atoms with Gasteiger partial charge in [-0.3, -0.25) is 9.59 Å². The molecule has 0 bridgehead atoms. The van der Waals surface area contributed by atoms with Crippen LogP contribution in [0.2, 0.25) is 0 Å². The molecule has 0 saturated carbocycles. The van der Waals surface area contributed by atoms with Gasteiger partial charge in [0.25, 0.3) is 0 Å². The van der Waals surface area contributed by atoms with E-state index in [0.717, 1.165) is 0 Å². The van der Waals surface area contributed by atoms with Crippen LogP contribution >= 0.6 is 0 Å². The molecule has 0 fully saturated rings. The topological polar surface area (TPSA) is 136 Å². The maximum absolute atomic E-state index is 11.0. The Morgan fingerprint density at radius 2 is 2.13 bits per heavy atom. The largest absolute Gasteiger partial charge is 0.340 e. The Bertz CT molecular complexity index is 379. The average Bonchev–Trinajstić information content (AvgIpc) is 2.75. The van der Waals surface area contributed by atoms with Gasteiger partial charge in [0.2, 0.25) is 0 Å². The van der Waals surface area contributed by atoms with E-state index in [1.807, 2.05) is 0 Å². The van der Waals surface area contributed by atoms with Crippen molar-refractivity contribution in [2.45, 2.75) is 6.54 Å². The number of nitrogens with one attached hydrogen (secondary N) is 3. The number of aromatic amines is 1. The molecule has 0 aliphatic carbocycles. The Kier molecular flexibility index (Phi) is 3.72. The number of H-pyrrole nitrogens is 1. The van der Waals surface area contributed by atoms with Gasteiger partial charge in [-0.25, -0.2) is 0 Å². The van der Waals surface area contributed by atoms with Crippen LogP contribution in [0.4, 0.5) is 0 Å². The first-order chi connectivity index (χ1) is 7.24. The molecule has 1 aromatic rings. The zero-order valence-corrected chi connectivity index (χ0v) is 7.52. The molecule has 0 unspecified atom stereocenters. The second-order valence-electron chi connectivity index (χ2n) is 2.35. The number of nitrogens with zero attached hydrogens (tertiary/aromatic N) is 4. The number of rotatable bonds is 3. The van der Waals surface area contributed by atoms with Crippen molar-refractivity contribution in [2.24, 2.45) is 0 Å². The third kappa shape index (κ3) is 3.39. The molecule has 0 atom stereocenters. The van der Waals surface area contributed by atoms with E-state index >= 15 is 0 Å². The van der Waals surface area contributed by atoms with Crippen LogP contribution in [0.25, 0.3) is 0 Å². The van der Waals surface area contributed by atoms with Crippen LogP contribution in [-0.4, -0.2) is 39.0 Å². The minimum atomic E-state index is -0.875. The molecule has 0 aromatic carbocycles. The molecule has 1 aromatic heterocycles. The summed E-state index contributed by atoms with van der Waals surface area (Å²) in [5, 5.41) is 25.1. The van der Waals surface area contributed by atoms with Crippen LogP contribution in [0, 0.1) is 11.3 Å². The van der Waals surface area contributed by atoms with Gasteiger partial charge in [-0.15, -0.1) is 10.2 Å². The summed E-state index contributed by atoms with van der Waals surface area (Å²) in [5.74, 6) is -1.47. The minimum absolute atomic E-state index is 0.00466. The number of carbonyl (C=O) groups excluding carboxylic acids is 2. The fourth-order valence-corrected chi connectivity index (χ4v) is 0.697. The van der Waals surface area contributed by atoms with E-state index < -0.39 is 11.8 Å². The van der Waals surface area contributed by atoms with Crippen molar-refractivity contribution >= 4 is 11.8 Å². The van der Waals surface area contributed by atoms with E-state index in [1.54, 1.807) is 6.07 Å². The lowest BCUT2D eigenvalue weighted by molar-refractivity contribution is -0.139. The van der Waals surface area contributed by atoms with Gasteiger partial charge in [-0.1, -0.05) is 5.21 Å². The molecule has 1 heterocycles. The first kappa shape index (κ1) is 10.6. The Labute approximate surface area is 83.8 Å². The number of hydrogen-bond donors (Lipinski definition) is 3. The van der Waals surface area contributed by atoms with E-state index in [-0.39, 0.29) is 18.9 Å². The molecule has 0 aliphatic rings. The maximum atomic E-state index is 11.0. The van der Waals surface area contributed by atoms with Gasteiger partial charge >= 0.3 is 11.8 Å². The van der Waals surface area contributed by atoms with Crippen LogP contribution in [0.1, 0.15) is 5.82 Å². The molecule has 0 radical (unpaired) electrons. The van der Waals surface area contributed by atoms with E-state index in [2.05, 4.69) is 31.3 Å². The van der Waals surface area contributed by atoms with Crippen molar-refractivity contribution in [3.63, 3.8) is 0 Å². The van der Waals surface area contributed by atoms with E-state index in [9.17, 15) is 9.59 Å². The first-order valence-corrected chi connectivity index (χ1v) is 3.89. The molecule has 9 nitrogen and oxygen atoms in total. The third-order valence-corrected chi connectivity index (χ3v) is 1.33. The highest BCUT2D eigenvalue weighted by atomic mass is 16.2. The molecular weight excluding hydrogens is 202 g/mol. The standard InChI is InChI=1S/C6H7N7O2/c7-1-2-8-5(14)6(15)9-3-4-10-12-13-11-4/h2-3H2,(H,8,14)(H,9,15)(H,10,11,12,13). The number of carbonyl (C=O) groups is 2. The Morgan fingerprint density at radius 1 is 1.40 bits per heavy atom. The van der Waals surface area contributed by atoms with Crippen molar-refractivity contribution in [3.8, 4) is 6.07 Å². The number of aromatic nitrogens is 4. The molecule has 0 saturated heterocycles. The van der Waals surface area contributed by atoms with Crippen molar-refractivity contribution in [1.82, 2.24) is 31.3 Å². The van der Waals surface area contributed by atoms with Crippen LogP contribution in [0.3, 0.4) is 0 Å². The molecule has 2 amide bonds. The average molecular weight is 209 g/mol. The molecule has 78 valence electrons. The maximum Gasteiger partial charge on any atom is 0.310 e. The molecule has 0 aliphatic heterocycles. The monoisotopic (exact) mass is 209 g/mol. The van der Waals surface area contributed by atoms with Gasteiger partial charge in [-0.05, 0) is 0 Å². The zero-order chi connectivity index (χ0) is 11.1. The zero-order valence-electron chi connectivity index (χ0n) is 7.52. The molecule has 9 heteroatoms. The smallest absolute Gasteiger partial charge is 0.310 e. The Morgan fingerprint density at radius 3 is 2.73 bits per heavy atom. The van der Waals surface area contributed by atoms with Gasteiger partial charge in [0.1, 0.15) is 6.54 Å². The van der Waals surface area contributed by atoms with Crippen molar-refractivity contribution < 1.29 is 9.59 Å². The van der Waals surface area contributed by atoms with Gasteiger partial charge < -0.3 is 10.6 Å². The fraction of sp³-hybridized carbons (Fsp3) is 0.333. The third-order valence-electron chi connectivity index (χ3n) is 1.33. The molecule has 0 spiro atoms. The summed E-state index contributed by atoms with van der Waals surface area (Å²) < 4.78 is 0. The lowest BCUT2D eigenvalue weighted by atomic mass is 10.5. The highest BCUT2D eigenvalue weighted by Crippen LogP contribution is 1.81. The summed E-state index contributed by atoms with van der Waals surface area (Å²) in [5.41, 5.74) is 0. The van der Waals surface area contributed by atoms with Crippen LogP contribution in [0.15, 0.2) is 0 Å². The van der Waals surface area contributed by atoms with E-state index in [0.29, 0.717) is 0 Å². The van der Waals surface area contributed by atoms with Crippen LogP contribution in [0.5, 0.6) is 0 Å². The number of tetrazole rings is 1. The summed E-state index contributed by atoms with van der Waals surface area (Å²) in [6.07, 6.45) is 0. The normalized spacial score (nSPS) is 9.00. The van der Waals surface area contributed by atoms with E-state index in [1.165, 1.54) is 0 Å². The first-order valence-electron chi connectivity index (χ1n) is 3.89. The summed E-state index contributed by atoms with van der Waals surface area (Å²) in [6.45, 7) is -0.218. The second-order valence-corrected chi connectivity index (χ2v) is 2.35. The van der Waals surface area contributed by atoms with Gasteiger partial charge in [0.15, 0.2) is 5.82 Å². The summed E-state index contributed by atoms with van der Waals surface area (Å²) in [7, 11) is 0. The van der Waals surface area contributed by atoms with Gasteiger partial charge in [-0.2, -0.15) is 10.5 Å². The number of hydrogen-bond acceptors (Lipinski definition) is 6. The van der Waals surface area contributed by atoms with Crippen molar-refractivity contribution in [2.75, 3.05) is 6.54 Å². The molecule has 1 rings (SSSR count). The van der Waals surface area contributed by atoms with Gasteiger partial charge in [0, 0.05) is 0 Å². The number of nitriles is 1. The SMILES string of the molecule is N#CCNC(=O)C(=O)NCc1nn[nH]n1. The Balaban J connectivity index is 2.30. The fourth-order valence-electron chi connectivity index (χ4n) is 0.697. The number of amides is 2. The van der Waals surface area contributed by atoms with Crippen LogP contribution < -0.4 is 10.6 Å². The molecule has 15 heavy (non-hydrogen) atoms. The summed E-state index contributed by atoms with van der Waals surface area (Å²) >= 11 is 0. The highest BCUT2D eigenvalue weighted by molar-refractivity contribution is 6.35. The highest BCUT2D eigenvalue weighted by Gasteiger charge is 2.12. The molecule has 3 N–H and O–H groups in total. The Hall–Kier alpha value is -2.50. The van der Waals surface area contributed by atoms with Crippen molar-refractivity contribution in [1.29, 1.82) is 5.26 Å².